The summed E-state index contributed by atoms with van der Waals surface area (Å²) in [6.45, 7) is 1.91. The number of carboxylic acids is 1. The van der Waals surface area contributed by atoms with Crippen LogP contribution < -0.4 is 10.0 Å². The van der Waals surface area contributed by atoms with Crippen molar-refractivity contribution < 1.29 is 23.1 Å². The second kappa shape index (κ2) is 10.7. The third-order valence-corrected chi connectivity index (χ3v) is 7.38. The van der Waals surface area contributed by atoms with Crippen LogP contribution in [-0.4, -0.2) is 31.9 Å². The zero-order valence-corrected chi connectivity index (χ0v) is 20.5. The minimum atomic E-state index is -3.77. The molecule has 4 aromatic rings. The molecule has 0 saturated carbocycles. The van der Waals surface area contributed by atoms with Crippen molar-refractivity contribution in [2.24, 2.45) is 0 Å². The summed E-state index contributed by atoms with van der Waals surface area (Å²) < 4.78 is 28.4. The molecular formula is C28H26N2O5S. The fourth-order valence-corrected chi connectivity index (χ4v) is 4.99. The van der Waals surface area contributed by atoms with Crippen molar-refractivity contribution in [1.82, 2.24) is 4.72 Å². The molecule has 0 radical (unpaired) electrons. The summed E-state index contributed by atoms with van der Waals surface area (Å²) in [5.41, 5.74) is 2.36. The predicted octanol–water partition coefficient (Wildman–Crippen LogP) is 4.94. The number of aromatic carboxylic acids is 1. The van der Waals surface area contributed by atoms with Gasteiger partial charge in [-0.3, -0.25) is 4.79 Å². The Morgan fingerprint density at radius 1 is 0.861 bits per heavy atom. The van der Waals surface area contributed by atoms with Gasteiger partial charge in [0, 0.05) is 24.6 Å². The van der Waals surface area contributed by atoms with Crippen molar-refractivity contribution >= 4 is 38.4 Å². The van der Waals surface area contributed by atoms with Gasteiger partial charge in [-0.05, 0) is 59.7 Å². The Balaban J connectivity index is 1.55. The average molecular weight is 503 g/mol. The number of anilines is 1. The predicted molar refractivity (Wildman–Crippen MR) is 140 cm³/mol. The average Bonchev–Trinajstić information content (AvgIpc) is 2.87. The molecule has 1 amide bonds. The molecular weight excluding hydrogens is 476 g/mol. The number of hydrogen-bond acceptors (Lipinski definition) is 4. The number of amides is 1. The van der Waals surface area contributed by atoms with Gasteiger partial charge in [0.2, 0.25) is 15.9 Å². The van der Waals surface area contributed by atoms with Crippen LogP contribution in [0.2, 0.25) is 0 Å². The molecule has 0 heterocycles. The second-order valence-electron chi connectivity index (χ2n) is 8.60. The zero-order valence-electron chi connectivity index (χ0n) is 19.6. The maximum absolute atomic E-state index is 12.9. The molecule has 0 fully saturated rings. The SMILES string of the molecule is Cc1ccc(S(=O)(=O)NCC(CC(=O)Nc2ccc(C(=O)O)cc2)c2ccc3ccccc3c2)cc1. The van der Waals surface area contributed by atoms with Gasteiger partial charge in [0.1, 0.15) is 0 Å². The van der Waals surface area contributed by atoms with Crippen molar-refractivity contribution in [1.29, 1.82) is 0 Å². The number of nitrogens with one attached hydrogen (secondary N) is 2. The highest BCUT2D eigenvalue weighted by molar-refractivity contribution is 7.89. The summed E-state index contributed by atoms with van der Waals surface area (Å²) in [6, 6.07) is 26.1. The summed E-state index contributed by atoms with van der Waals surface area (Å²) in [6.07, 6.45) is 0.0233. The highest BCUT2D eigenvalue weighted by Gasteiger charge is 2.21. The van der Waals surface area contributed by atoms with E-state index in [1.807, 2.05) is 49.4 Å². The molecule has 7 nitrogen and oxygen atoms in total. The normalized spacial score (nSPS) is 12.2. The molecule has 36 heavy (non-hydrogen) atoms. The smallest absolute Gasteiger partial charge is 0.335 e. The van der Waals surface area contributed by atoms with Crippen LogP contribution in [0.25, 0.3) is 10.8 Å². The van der Waals surface area contributed by atoms with E-state index in [0.29, 0.717) is 5.69 Å². The maximum Gasteiger partial charge on any atom is 0.335 e. The Bertz CT molecular complexity index is 1500. The standard InChI is InChI=1S/C28H26N2O5S/c1-19-6-14-26(15-7-19)36(34,35)29-18-24(23-9-8-20-4-2-3-5-22(20)16-23)17-27(31)30-25-12-10-21(11-13-25)28(32)33/h2-16,24,29H,17-18H2,1H3,(H,30,31)(H,32,33). The van der Waals surface area contributed by atoms with Crippen LogP contribution in [-0.2, 0) is 14.8 Å². The first-order valence-corrected chi connectivity index (χ1v) is 12.9. The van der Waals surface area contributed by atoms with E-state index >= 15 is 0 Å². The Kier molecular flexibility index (Phi) is 7.47. The highest BCUT2D eigenvalue weighted by Crippen LogP contribution is 2.25. The summed E-state index contributed by atoms with van der Waals surface area (Å²) >= 11 is 0. The zero-order chi connectivity index (χ0) is 25.7. The first-order chi connectivity index (χ1) is 17.2. The number of benzene rings is 4. The first-order valence-electron chi connectivity index (χ1n) is 11.4. The molecule has 4 rings (SSSR count). The van der Waals surface area contributed by atoms with Gasteiger partial charge in [-0.1, -0.05) is 60.2 Å². The van der Waals surface area contributed by atoms with E-state index in [4.69, 9.17) is 5.11 Å². The third-order valence-electron chi connectivity index (χ3n) is 5.94. The monoisotopic (exact) mass is 502 g/mol. The minimum Gasteiger partial charge on any atom is -0.478 e. The molecule has 0 bridgehead atoms. The van der Waals surface area contributed by atoms with Crippen molar-refractivity contribution in [3.8, 4) is 0 Å². The van der Waals surface area contributed by atoms with Gasteiger partial charge in [-0.15, -0.1) is 0 Å². The van der Waals surface area contributed by atoms with Gasteiger partial charge in [-0.25, -0.2) is 17.9 Å². The van der Waals surface area contributed by atoms with Crippen molar-refractivity contribution in [3.05, 3.63) is 108 Å². The summed E-state index contributed by atoms with van der Waals surface area (Å²) in [5, 5.41) is 13.9. The molecule has 0 aliphatic carbocycles. The summed E-state index contributed by atoms with van der Waals surface area (Å²) in [4.78, 5) is 24.1. The Morgan fingerprint density at radius 2 is 1.53 bits per heavy atom. The van der Waals surface area contributed by atoms with Gasteiger partial charge >= 0.3 is 5.97 Å². The van der Waals surface area contributed by atoms with E-state index in [-0.39, 0.29) is 29.3 Å². The number of carboxylic acid groups (broad SMARTS) is 1. The maximum atomic E-state index is 12.9. The Morgan fingerprint density at radius 3 is 2.19 bits per heavy atom. The van der Waals surface area contributed by atoms with Gasteiger partial charge in [0.15, 0.2) is 0 Å². The van der Waals surface area contributed by atoms with Crippen molar-refractivity contribution in [2.45, 2.75) is 24.2 Å². The second-order valence-corrected chi connectivity index (χ2v) is 10.4. The molecule has 0 saturated heterocycles. The molecule has 0 spiro atoms. The molecule has 3 N–H and O–H groups in total. The minimum absolute atomic E-state index is 0.0233. The van der Waals surface area contributed by atoms with Gasteiger partial charge in [0.05, 0.1) is 10.5 Å². The molecule has 8 heteroatoms. The number of hydrogen-bond donors (Lipinski definition) is 3. The molecule has 0 aromatic heterocycles. The van der Waals surface area contributed by atoms with Crippen LogP contribution in [0.4, 0.5) is 5.69 Å². The fraction of sp³-hybridized carbons (Fsp3) is 0.143. The number of fused-ring (bicyclic) bond motifs is 1. The van der Waals surface area contributed by atoms with Crippen molar-refractivity contribution in [3.63, 3.8) is 0 Å². The number of carbonyl (C=O) groups excluding carboxylic acids is 1. The molecule has 4 aromatic carbocycles. The van der Waals surface area contributed by atoms with E-state index in [9.17, 15) is 18.0 Å². The highest BCUT2D eigenvalue weighted by atomic mass is 32.2. The lowest BCUT2D eigenvalue weighted by Gasteiger charge is -2.19. The lowest BCUT2D eigenvalue weighted by atomic mass is 9.93. The van der Waals surface area contributed by atoms with Crippen LogP contribution in [0.5, 0.6) is 0 Å². The van der Waals surface area contributed by atoms with Crippen LogP contribution in [0, 0.1) is 6.92 Å². The van der Waals surface area contributed by atoms with Gasteiger partial charge < -0.3 is 10.4 Å². The number of rotatable bonds is 9. The quantitative estimate of drug-likeness (QED) is 0.300. The van der Waals surface area contributed by atoms with E-state index in [1.165, 1.54) is 24.3 Å². The fourth-order valence-electron chi connectivity index (χ4n) is 3.91. The topological polar surface area (TPSA) is 113 Å². The largest absolute Gasteiger partial charge is 0.478 e. The lowest BCUT2D eigenvalue weighted by Crippen LogP contribution is -2.30. The molecule has 184 valence electrons. The van der Waals surface area contributed by atoms with E-state index in [0.717, 1.165) is 21.9 Å². The Labute approximate surface area is 209 Å². The number of sulfonamides is 1. The van der Waals surface area contributed by atoms with Crippen LogP contribution >= 0.6 is 0 Å². The van der Waals surface area contributed by atoms with Crippen LogP contribution in [0.1, 0.15) is 33.8 Å². The van der Waals surface area contributed by atoms with E-state index < -0.39 is 21.9 Å². The molecule has 0 aliphatic heterocycles. The van der Waals surface area contributed by atoms with Crippen molar-refractivity contribution in [2.75, 3.05) is 11.9 Å². The Hall–Kier alpha value is -4.01. The van der Waals surface area contributed by atoms with Gasteiger partial charge in [-0.2, -0.15) is 0 Å². The number of aryl methyl sites for hydroxylation is 1. The van der Waals surface area contributed by atoms with Crippen LogP contribution in [0.15, 0.2) is 95.9 Å². The summed E-state index contributed by atoms with van der Waals surface area (Å²) in [7, 11) is -3.77. The van der Waals surface area contributed by atoms with Gasteiger partial charge in [0.25, 0.3) is 0 Å². The number of carbonyl (C=O) groups is 2. The molecule has 1 unspecified atom stereocenters. The molecule has 1 atom stereocenters. The first kappa shape index (κ1) is 25.1. The third kappa shape index (κ3) is 6.16. The molecule has 0 aliphatic rings. The van der Waals surface area contributed by atoms with E-state index in [1.54, 1.807) is 24.3 Å². The van der Waals surface area contributed by atoms with E-state index in [2.05, 4.69) is 10.0 Å². The van der Waals surface area contributed by atoms with Crippen LogP contribution in [0.3, 0.4) is 0 Å². The summed E-state index contributed by atoms with van der Waals surface area (Å²) in [5.74, 6) is -1.80. The lowest BCUT2D eigenvalue weighted by molar-refractivity contribution is -0.116.